The fourth-order valence-electron chi connectivity index (χ4n) is 5.64. The molecule has 36 heavy (non-hydrogen) atoms. The van der Waals surface area contributed by atoms with Crippen molar-refractivity contribution in [3.63, 3.8) is 0 Å². The van der Waals surface area contributed by atoms with Crippen molar-refractivity contribution < 1.29 is 24.0 Å². The molecule has 3 aliphatic heterocycles. The van der Waals surface area contributed by atoms with E-state index < -0.39 is 40.3 Å². The highest BCUT2D eigenvalue weighted by atomic mass is 16.6. The summed E-state index contributed by atoms with van der Waals surface area (Å²) in [6.07, 6.45) is -0.0389. The number of non-ortho nitro benzene ring substituents is 1. The lowest BCUT2D eigenvalue weighted by Gasteiger charge is -2.56. The molecule has 0 aromatic heterocycles. The lowest BCUT2D eigenvalue weighted by molar-refractivity contribution is -0.384. The monoisotopic (exact) mass is 493 g/mol. The summed E-state index contributed by atoms with van der Waals surface area (Å²) >= 11 is 0. The summed E-state index contributed by atoms with van der Waals surface area (Å²) in [5.41, 5.74) is 0.491. The number of methoxy groups -OCH3 is 1. The quantitative estimate of drug-likeness (QED) is 0.391. The molecule has 1 N–H and O–H groups in total. The molecule has 0 bridgehead atoms. The summed E-state index contributed by atoms with van der Waals surface area (Å²) in [5.74, 6) is -0.525. The fourth-order valence-corrected chi connectivity index (χ4v) is 5.64. The smallest absolute Gasteiger partial charge is 0.331 e. The van der Waals surface area contributed by atoms with Crippen LogP contribution in [0.2, 0.25) is 0 Å². The number of amides is 4. The van der Waals surface area contributed by atoms with Gasteiger partial charge in [0.1, 0.15) is 5.75 Å². The third kappa shape index (κ3) is 3.45. The normalized spacial score (nSPS) is 23.5. The number of carbonyl (C=O) groups is 3. The zero-order valence-corrected chi connectivity index (χ0v) is 20.3. The van der Waals surface area contributed by atoms with E-state index in [4.69, 9.17) is 4.74 Å². The van der Waals surface area contributed by atoms with Gasteiger partial charge in [-0.2, -0.15) is 0 Å². The van der Waals surface area contributed by atoms with Gasteiger partial charge in [0.2, 0.25) is 11.8 Å². The minimum absolute atomic E-state index is 0.0389. The lowest BCUT2D eigenvalue weighted by Crippen LogP contribution is -2.75. The Hall–Kier alpha value is -4.15. The maximum absolute atomic E-state index is 14.0. The first-order valence-corrected chi connectivity index (χ1v) is 11.8. The maximum atomic E-state index is 14.0. The molecule has 2 fully saturated rings. The molecule has 2 aromatic carbocycles. The average molecular weight is 494 g/mol. The number of fused-ring (bicyclic) bond motifs is 4. The number of benzene rings is 2. The number of nitro benzene ring substituents is 1. The topological polar surface area (TPSA) is 125 Å². The van der Waals surface area contributed by atoms with Gasteiger partial charge in [-0.25, -0.2) is 4.79 Å². The number of anilines is 2. The van der Waals surface area contributed by atoms with E-state index in [2.05, 4.69) is 10.2 Å². The van der Waals surface area contributed by atoms with Gasteiger partial charge in [-0.1, -0.05) is 0 Å². The van der Waals surface area contributed by atoms with Gasteiger partial charge in [-0.15, -0.1) is 0 Å². The Kier molecular flexibility index (Phi) is 5.57. The first-order valence-electron chi connectivity index (χ1n) is 11.8. The number of hydrogen-bond donors (Lipinski definition) is 1. The van der Waals surface area contributed by atoms with Gasteiger partial charge >= 0.3 is 6.03 Å². The van der Waals surface area contributed by atoms with Crippen LogP contribution >= 0.6 is 0 Å². The molecule has 3 aliphatic rings. The van der Waals surface area contributed by atoms with E-state index >= 15 is 0 Å². The molecule has 2 saturated heterocycles. The predicted molar refractivity (Wildman–Crippen MR) is 131 cm³/mol. The van der Waals surface area contributed by atoms with Crippen LogP contribution in [0.3, 0.4) is 0 Å². The second-order valence-corrected chi connectivity index (χ2v) is 9.60. The molecule has 0 aliphatic carbocycles. The highest BCUT2D eigenvalue weighted by Gasteiger charge is 2.63. The molecule has 3 heterocycles. The number of ether oxygens (including phenoxy) is 1. The van der Waals surface area contributed by atoms with E-state index in [9.17, 15) is 24.5 Å². The van der Waals surface area contributed by atoms with E-state index in [1.165, 1.54) is 12.1 Å². The maximum Gasteiger partial charge on any atom is 0.331 e. The Balaban J connectivity index is 1.63. The number of imide groups is 2. The molecular formula is C25H27N5O6. The summed E-state index contributed by atoms with van der Waals surface area (Å²) in [7, 11) is 1.59. The highest BCUT2D eigenvalue weighted by Crippen LogP contribution is 2.47. The SMILES string of the molecule is COc1ccc(N2CCN3c4ccc([N+](=O)[O-])cc4C[C@]4(C(=O)NC(=O)N(C(C)C)C4=O)[C@@H]3C2)cc1. The second-order valence-electron chi connectivity index (χ2n) is 9.60. The number of nitrogens with zero attached hydrogens (tertiary/aromatic N) is 4. The Labute approximate surface area is 207 Å². The highest BCUT2D eigenvalue weighted by molar-refractivity contribution is 6.20. The van der Waals surface area contributed by atoms with Crippen LogP contribution in [-0.2, 0) is 16.0 Å². The van der Waals surface area contributed by atoms with E-state index in [0.29, 0.717) is 25.2 Å². The average Bonchev–Trinajstić information content (AvgIpc) is 2.86. The second kappa shape index (κ2) is 8.51. The van der Waals surface area contributed by atoms with Crippen molar-refractivity contribution >= 4 is 34.9 Å². The standard InChI is InChI=1S/C25H27N5O6/c1-15(2)29-23(32)25(22(31)26-24(29)33)13-16-12-18(30(34)35)6-9-20(16)28-11-10-27(14-21(25)28)17-4-7-19(36-3)8-5-17/h4-9,12,15,21H,10-11,13-14H2,1-3H3,(H,26,31,33)/t21-,25+/m0/s1. The lowest BCUT2D eigenvalue weighted by atomic mass is 9.67. The number of nitrogens with one attached hydrogen (secondary N) is 1. The molecule has 0 unspecified atom stereocenters. The van der Waals surface area contributed by atoms with E-state index in [1.54, 1.807) is 27.0 Å². The van der Waals surface area contributed by atoms with Gasteiger partial charge in [0.25, 0.3) is 5.69 Å². The zero-order chi connectivity index (χ0) is 25.8. The largest absolute Gasteiger partial charge is 0.497 e. The van der Waals surface area contributed by atoms with Crippen LogP contribution in [0, 0.1) is 15.5 Å². The summed E-state index contributed by atoms with van der Waals surface area (Å²) in [6.45, 7) is 4.87. The van der Waals surface area contributed by atoms with Crippen molar-refractivity contribution in [2.24, 2.45) is 5.41 Å². The summed E-state index contributed by atoms with van der Waals surface area (Å²) in [4.78, 5) is 56.4. The van der Waals surface area contributed by atoms with Crippen molar-refractivity contribution in [2.45, 2.75) is 32.4 Å². The number of carbonyl (C=O) groups excluding carboxylic acids is 3. The predicted octanol–water partition coefficient (Wildman–Crippen LogP) is 2.33. The Morgan fingerprint density at radius 2 is 1.83 bits per heavy atom. The molecule has 5 rings (SSSR count). The summed E-state index contributed by atoms with van der Waals surface area (Å²) < 4.78 is 5.26. The van der Waals surface area contributed by atoms with Crippen LogP contribution in [0.1, 0.15) is 19.4 Å². The molecule has 2 atom stereocenters. The number of rotatable bonds is 4. The number of nitro groups is 1. The fraction of sp³-hybridized carbons (Fsp3) is 0.400. The number of urea groups is 1. The van der Waals surface area contributed by atoms with Crippen LogP contribution in [0.15, 0.2) is 42.5 Å². The van der Waals surface area contributed by atoms with Crippen LogP contribution in [0.25, 0.3) is 0 Å². The number of barbiturate groups is 1. The van der Waals surface area contributed by atoms with Crippen LogP contribution in [0.5, 0.6) is 5.75 Å². The van der Waals surface area contributed by atoms with Gasteiger partial charge in [0, 0.05) is 55.6 Å². The first-order chi connectivity index (χ1) is 17.2. The first kappa shape index (κ1) is 23.6. The third-order valence-electron chi connectivity index (χ3n) is 7.40. The summed E-state index contributed by atoms with van der Waals surface area (Å²) in [6, 6.07) is 10.3. The van der Waals surface area contributed by atoms with Crippen molar-refractivity contribution in [1.29, 1.82) is 0 Å². The molecule has 11 heteroatoms. The minimum Gasteiger partial charge on any atom is -0.497 e. The van der Waals surface area contributed by atoms with Crippen LogP contribution < -0.4 is 19.9 Å². The van der Waals surface area contributed by atoms with Crippen molar-refractivity contribution in [3.05, 3.63) is 58.1 Å². The zero-order valence-electron chi connectivity index (χ0n) is 20.3. The third-order valence-corrected chi connectivity index (χ3v) is 7.40. The Morgan fingerprint density at radius 1 is 1.11 bits per heavy atom. The van der Waals surface area contributed by atoms with Gasteiger partial charge in [-0.05, 0) is 49.7 Å². The van der Waals surface area contributed by atoms with Gasteiger partial charge in [0.05, 0.1) is 18.1 Å². The van der Waals surface area contributed by atoms with Crippen molar-refractivity contribution in [1.82, 2.24) is 10.2 Å². The van der Waals surface area contributed by atoms with E-state index in [1.807, 2.05) is 29.2 Å². The number of piperazine rings is 1. The molecule has 1 spiro atoms. The van der Waals surface area contributed by atoms with Crippen LogP contribution in [-0.4, -0.2) is 66.5 Å². The van der Waals surface area contributed by atoms with E-state index in [-0.39, 0.29) is 12.1 Å². The van der Waals surface area contributed by atoms with Gasteiger partial charge in [0.15, 0.2) is 5.41 Å². The molecule has 0 saturated carbocycles. The minimum atomic E-state index is -1.62. The molecule has 11 nitrogen and oxygen atoms in total. The van der Waals surface area contributed by atoms with Gasteiger partial charge in [-0.3, -0.25) is 29.9 Å². The molecule has 188 valence electrons. The molecular weight excluding hydrogens is 466 g/mol. The summed E-state index contributed by atoms with van der Waals surface area (Å²) in [5, 5.41) is 13.9. The van der Waals surface area contributed by atoms with Gasteiger partial charge < -0.3 is 14.5 Å². The van der Waals surface area contributed by atoms with Crippen LogP contribution in [0.4, 0.5) is 21.9 Å². The Bertz CT molecular complexity index is 1260. The number of hydrogen-bond acceptors (Lipinski definition) is 8. The van der Waals surface area contributed by atoms with Crippen molar-refractivity contribution in [2.75, 3.05) is 36.5 Å². The molecule has 4 amide bonds. The van der Waals surface area contributed by atoms with E-state index in [0.717, 1.165) is 22.0 Å². The van der Waals surface area contributed by atoms with Crippen molar-refractivity contribution in [3.8, 4) is 5.75 Å². The molecule has 0 radical (unpaired) electrons. The molecule has 2 aromatic rings. The Morgan fingerprint density at radius 3 is 2.47 bits per heavy atom.